The third-order valence-electron chi connectivity index (χ3n) is 3.89. The fourth-order valence-electron chi connectivity index (χ4n) is 2.47. The van der Waals surface area contributed by atoms with E-state index in [1.165, 1.54) is 6.42 Å². The van der Waals surface area contributed by atoms with E-state index in [2.05, 4.69) is 6.07 Å². The Kier molecular flexibility index (Phi) is 2.41. The molecule has 0 radical (unpaired) electrons. The molecular formula is C14H17N3O. The van der Waals surface area contributed by atoms with E-state index in [1.807, 2.05) is 18.2 Å². The van der Waals surface area contributed by atoms with Crippen LogP contribution in [0.3, 0.4) is 0 Å². The maximum atomic E-state index is 11.9. The van der Waals surface area contributed by atoms with Gasteiger partial charge in [-0.25, -0.2) is 4.79 Å². The molecule has 1 aliphatic rings. The summed E-state index contributed by atoms with van der Waals surface area (Å²) in [5.74, 6) is 0. The minimum Gasteiger partial charge on any atom is -0.321 e. The molecule has 0 unspecified atom stereocenters. The van der Waals surface area contributed by atoms with Gasteiger partial charge in [-0.15, -0.1) is 0 Å². The summed E-state index contributed by atoms with van der Waals surface area (Å²) >= 11 is 0. The molecule has 1 aromatic heterocycles. The Morgan fingerprint density at radius 2 is 2.06 bits per heavy atom. The molecule has 4 heteroatoms. The number of aryl methyl sites for hydroxylation is 1. The fraction of sp³-hybridized carbons (Fsp3) is 0.357. The highest BCUT2D eigenvalue weighted by Crippen LogP contribution is 2.38. The van der Waals surface area contributed by atoms with Crippen LogP contribution in [0.5, 0.6) is 0 Å². The maximum Gasteiger partial charge on any atom is 0.332 e. The molecule has 0 amide bonds. The van der Waals surface area contributed by atoms with Gasteiger partial charge in [-0.2, -0.15) is 0 Å². The molecule has 1 aromatic carbocycles. The second-order valence-electron chi connectivity index (χ2n) is 5.12. The summed E-state index contributed by atoms with van der Waals surface area (Å²) in [4.78, 5) is 11.9. The predicted molar refractivity (Wildman–Crippen MR) is 70.7 cm³/mol. The minimum atomic E-state index is -0.186. The van der Waals surface area contributed by atoms with Gasteiger partial charge in [0.05, 0.1) is 5.69 Å². The molecule has 1 heterocycles. The highest BCUT2D eigenvalue weighted by Gasteiger charge is 2.34. The first kappa shape index (κ1) is 11.3. The van der Waals surface area contributed by atoms with E-state index in [0.717, 1.165) is 24.1 Å². The average Bonchev–Trinajstić information content (AvgIpc) is 2.67. The molecule has 0 bridgehead atoms. The monoisotopic (exact) mass is 243 g/mol. The molecule has 2 aromatic rings. The van der Waals surface area contributed by atoms with Gasteiger partial charge >= 0.3 is 5.69 Å². The van der Waals surface area contributed by atoms with Gasteiger partial charge in [0, 0.05) is 25.0 Å². The quantitative estimate of drug-likeness (QED) is 0.869. The van der Waals surface area contributed by atoms with Gasteiger partial charge in [0.1, 0.15) is 0 Å². The maximum absolute atomic E-state index is 11.9. The molecule has 1 saturated carbocycles. The van der Waals surface area contributed by atoms with Crippen molar-refractivity contribution in [1.29, 1.82) is 0 Å². The van der Waals surface area contributed by atoms with Gasteiger partial charge in [-0.05, 0) is 37.0 Å². The molecule has 94 valence electrons. The van der Waals surface area contributed by atoms with Gasteiger partial charge in [0.15, 0.2) is 0 Å². The summed E-state index contributed by atoms with van der Waals surface area (Å²) in [6.45, 7) is 0. The molecule has 18 heavy (non-hydrogen) atoms. The van der Waals surface area contributed by atoms with E-state index in [0.29, 0.717) is 0 Å². The van der Waals surface area contributed by atoms with E-state index >= 15 is 0 Å². The second kappa shape index (κ2) is 3.85. The molecule has 2 N–H and O–H groups in total. The molecular weight excluding hydrogens is 226 g/mol. The molecule has 0 aliphatic heterocycles. The zero-order valence-corrected chi connectivity index (χ0v) is 10.5. The van der Waals surface area contributed by atoms with Crippen molar-refractivity contribution in [1.82, 2.24) is 9.13 Å². The topological polar surface area (TPSA) is 52.9 Å². The largest absolute Gasteiger partial charge is 0.332 e. The summed E-state index contributed by atoms with van der Waals surface area (Å²) in [6, 6.07) is 7.99. The third-order valence-corrected chi connectivity index (χ3v) is 3.89. The van der Waals surface area contributed by atoms with Crippen LogP contribution in [0.4, 0.5) is 0 Å². The fourth-order valence-corrected chi connectivity index (χ4v) is 2.47. The standard InChI is InChI=1S/C14H17N3O/c1-16-8-9-17(13(16)18)12-5-2-4-11(10-12)14(15)6-3-7-14/h2,4-5,8-10H,3,6-7,15H2,1H3. The van der Waals surface area contributed by atoms with Gasteiger partial charge in [0.25, 0.3) is 0 Å². The van der Waals surface area contributed by atoms with Crippen LogP contribution in [-0.4, -0.2) is 9.13 Å². The van der Waals surface area contributed by atoms with E-state index < -0.39 is 0 Å². The van der Waals surface area contributed by atoms with Crippen LogP contribution in [-0.2, 0) is 12.6 Å². The van der Waals surface area contributed by atoms with Crippen molar-refractivity contribution in [2.24, 2.45) is 12.8 Å². The number of nitrogens with two attached hydrogens (primary N) is 1. The van der Waals surface area contributed by atoms with Crippen molar-refractivity contribution >= 4 is 0 Å². The SMILES string of the molecule is Cn1ccn(-c2cccc(C3(N)CCC3)c2)c1=O. The van der Waals surface area contributed by atoms with E-state index in [4.69, 9.17) is 5.73 Å². The van der Waals surface area contributed by atoms with Gasteiger partial charge in [0.2, 0.25) is 0 Å². The first-order valence-electron chi connectivity index (χ1n) is 6.24. The summed E-state index contributed by atoms with van der Waals surface area (Å²) < 4.78 is 3.21. The summed E-state index contributed by atoms with van der Waals surface area (Å²) in [5, 5.41) is 0. The number of rotatable bonds is 2. The van der Waals surface area contributed by atoms with Crippen LogP contribution in [0.2, 0.25) is 0 Å². The smallest absolute Gasteiger partial charge is 0.321 e. The summed E-state index contributed by atoms with van der Waals surface area (Å²) in [5.41, 5.74) is 8.11. The molecule has 0 spiro atoms. The molecule has 3 rings (SSSR count). The lowest BCUT2D eigenvalue weighted by atomic mass is 9.73. The Hall–Kier alpha value is -1.81. The van der Waals surface area contributed by atoms with Gasteiger partial charge in [-0.3, -0.25) is 4.57 Å². The number of aromatic nitrogens is 2. The van der Waals surface area contributed by atoms with Crippen molar-refractivity contribution in [3.63, 3.8) is 0 Å². The zero-order valence-electron chi connectivity index (χ0n) is 10.5. The van der Waals surface area contributed by atoms with Crippen LogP contribution in [0.15, 0.2) is 41.5 Å². The van der Waals surface area contributed by atoms with Crippen LogP contribution in [0.25, 0.3) is 5.69 Å². The van der Waals surface area contributed by atoms with Gasteiger partial charge < -0.3 is 10.3 Å². The predicted octanol–water partition coefficient (Wildman–Crippen LogP) is 1.51. The lowest BCUT2D eigenvalue weighted by molar-refractivity contribution is 0.253. The third kappa shape index (κ3) is 1.61. The van der Waals surface area contributed by atoms with Crippen LogP contribution >= 0.6 is 0 Å². The van der Waals surface area contributed by atoms with Crippen LogP contribution in [0.1, 0.15) is 24.8 Å². The normalized spacial score (nSPS) is 17.4. The number of benzene rings is 1. The first-order chi connectivity index (χ1) is 8.60. The number of hydrogen-bond acceptors (Lipinski definition) is 2. The van der Waals surface area contributed by atoms with Crippen LogP contribution < -0.4 is 11.4 Å². The Morgan fingerprint density at radius 3 is 2.61 bits per heavy atom. The summed E-state index contributed by atoms with van der Waals surface area (Å²) in [7, 11) is 1.75. The minimum absolute atomic E-state index is 0.0353. The molecule has 0 atom stereocenters. The van der Waals surface area contributed by atoms with Crippen molar-refractivity contribution < 1.29 is 0 Å². The Labute approximate surface area is 106 Å². The van der Waals surface area contributed by atoms with E-state index in [1.54, 1.807) is 28.6 Å². The Balaban J connectivity index is 2.06. The molecule has 1 aliphatic carbocycles. The second-order valence-corrected chi connectivity index (χ2v) is 5.12. The lowest BCUT2D eigenvalue weighted by Crippen LogP contribution is -2.43. The van der Waals surface area contributed by atoms with Crippen LogP contribution in [0, 0.1) is 0 Å². The highest BCUT2D eigenvalue weighted by atomic mass is 16.1. The Bertz CT molecular complexity index is 634. The summed E-state index contributed by atoms with van der Waals surface area (Å²) in [6.07, 6.45) is 6.79. The van der Waals surface area contributed by atoms with E-state index in [9.17, 15) is 4.79 Å². The number of nitrogens with zero attached hydrogens (tertiary/aromatic N) is 2. The first-order valence-corrected chi connectivity index (χ1v) is 6.24. The van der Waals surface area contributed by atoms with Crippen molar-refractivity contribution in [2.45, 2.75) is 24.8 Å². The van der Waals surface area contributed by atoms with Crippen molar-refractivity contribution in [3.8, 4) is 5.69 Å². The average molecular weight is 243 g/mol. The van der Waals surface area contributed by atoms with E-state index in [-0.39, 0.29) is 11.2 Å². The molecule has 0 saturated heterocycles. The molecule has 4 nitrogen and oxygen atoms in total. The lowest BCUT2D eigenvalue weighted by Gasteiger charge is -2.38. The van der Waals surface area contributed by atoms with Gasteiger partial charge in [-0.1, -0.05) is 12.1 Å². The Morgan fingerprint density at radius 1 is 1.28 bits per heavy atom. The molecule has 1 fully saturated rings. The number of hydrogen-bond donors (Lipinski definition) is 1. The van der Waals surface area contributed by atoms with Crippen molar-refractivity contribution in [2.75, 3.05) is 0 Å². The zero-order chi connectivity index (χ0) is 12.8. The highest BCUT2D eigenvalue weighted by molar-refractivity contribution is 5.39. The van der Waals surface area contributed by atoms with Crippen molar-refractivity contribution in [3.05, 3.63) is 52.7 Å². The number of imidazole rings is 1.